The molecule has 0 atom stereocenters. The van der Waals surface area contributed by atoms with Gasteiger partial charge in [0.25, 0.3) is 0 Å². The van der Waals surface area contributed by atoms with Gasteiger partial charge in [-0.05, 0) is 10.7 Å². The van der Waals surface area contributed by atoms with Crippen LogP contribution in [-0.4, -0.2) is 21.7 Å². The third-order valence-electron chi connectivity index (χ3n) is 1.61. The second-order valence-corrected chi connectivity index (χ2v) is 5.08. The molecule has 0 saturated heterocycles. The third-order valence-corrected chi connectivity index (χ3v) is 2.18. The van der Waals surface area contributed by atoms with Crippen molar-refractivity contribution in [2.45, 2.75) is 25.7 Å². The second kappa shape index (κ2) is 13.1. The van der Waals surface area contributed by atoms with E-state index in [9.17, 15) is 0 Å². The van der Waals surface area contributed by atoms with Crippen molar-refractivity contribution in [3.63, 3.8) is 0 Å². The van der Waals surface area contributed by atoms with Crippen LogP contribution in [0.4, 0.5) is 0 Å². The van der Waals surface area contributed by atoms with Gasteiger partial charge in [-0.3, -0.25) is 0 Å². The van der Waals surface area contributed by atoms with Crippen LogP contribution in [0.2, 0.25) is 0 Å². The minimum absolute atomic E-state index is 0. The predicted octanol–water partition coefficient (Wildman–Crippen LogP) is 2.94. The molecular weight excluding hydrogens is 316 g/mol. The van der Waals surface area contributed by atoms with Crippen molar-refractivity contribution < 1.29 is 17.1 Å². The van der Waals surface area contributed by atoms with Crippen molar-refractivity contribution in [3.05, 3.63) is 5.32 Å². The molecule has 0 aromatic rings. The monoisotopic (exact) mass is 330 g/mol. The van der Waals surface area contributed by atoms with Crippen molar-refractivity contribution >= 4 is 58.3 Å². The minimum atomic E-state index is 0. The Bertz CT molecular complexity index is 169. The van der Waals surface area contributed by atoms with Gasteiger partial charge in [0.05, 0.1) is 0 Å². The van der Waals surface area contributed by atoms with Crippen LogP contribution in [0.15, 0.2) is 0 Å². The van der Waals surface area contributed by atoms with Crippen LogP contribution in [-0.2, 0) is 17.1 Å². The molecule has 0 aliphatic carbocycles. The van der Waals surface area contributed by atoms with Gasteiger partial charge in [-0.1, -0.05) is 43.7 Å². The van der Waals surface area contributed by atoms with Crippen LogP contribution < -0.4 is 5.32 Å². The fraction of sp³-hybridized carbons (Fsp3) is 0.750. The summed E-state index contributed by atoms with van der Waals surface area (Å²) in [7, 11) is 0. The molecule has 0 fully saturated rings. The van der Waals surface area contributed by atoms with Gasteiger partial charge in [-0.15, -0.1) is 19.2 Å². The summed E-state index contributed by atoms with van der Waals surface area (Å²) in [6, 6.07) is 0. The van der Waals surface area contributed by atoms with E-state index in [1.165, 1.54) is 12.8 Å². The van der Waals surface area contributed by atoms with Crippen LogP contribution in [0.5, 0.6) is 0 Å². The molecular formula is C8H15CuN2S4. The van der Waals surface area contributed by atoms with Gasteiger partial charge in [0.15, 0.2) is 0 Å². The maximum atomic E-state index is 4.76. The Kier molecular flexibility index (Phi) is 16.0. The average Bonchev–Trinajstić information content (AvgIpc) is 2.08. The third kappa shape index (κ3) is 17.6. The number of hydrogen-bond donors (Lipinski definition) is 3. The van der Waals surface area contributed by atoms with Crippen molar-refractivity contribution in [3.8, 4) is 0 Å². The van der Waals surface area contributed by atoms with E-state index in [4.69, 9.17) is 24.4 Å². The van der Waals surface area contributed by atoms with Crippen molar-refractivity contribution in [2.24, 2.45) is 0 Å². The van der Waals surface area contributed by atoms with Crippen LogP contribution in [0, 0.1) is 0 Å². The van der Waals surface area contributed by atoms with E-state index in [2.05, 4.69) is 35.9 Å². The summed E-state index contributed by atoms with van der Waals surface area (Å²) in [6.07, 6.45) is 4.54. The molecule has 0 unspecified atom stereocenters. The zero-order valence-corrected chi connectivity index (χ0v) is 12.6. The molecule has 0 spiro atoms. The summed E-state index contributed by atoms with van der Waals surface area (Å²) in [4.78, 5) is 0. The summed E-state index contributed by atoms with van der Waals surface area (Å²) in [5, 5.41) is 7.01. The number of nitrogens with zero attached hydrogens (tertiary/aromatic N) is 1. The molecule has 0 aliphatic heterocycles. The fourth-order valence-corrected chi connectivity index (χ4v) is 1.37. The number of rotatable bonds is 7. The van der Waals surface area contributed by atoms with Gasteiger partial charge in [0.2, 0.25) is 0 Å². The average molecular weight is 331 g/mol. The summed E-state index contributed by atoms with van der Waals surface area (Å²) >= 11 is 17.3. The number of thiol groups is 2. The second-order valence-electron chi connectivity index (χ2n) is 2.81. The van der Waals surface area contributed by atoms with Gasteiger partial charge in [-0.25, -0.2) is 0 Å². The summed E-state index contributed by atoms with van der Waals surface area (Å²) in [5.74, 6) is 0. The standard InChI is InChI=1S/C8H16N2S4.Cu/c11-7(12)9-5-3-1-2-4-6-10-8(13)14;/h1-6H2,(H4,9,10,11,12,13,14);/q;+1/p-1. The molecule has 0 aromatic heterocycles. The van der Waals surface area contributed by atoms with E-state index in [1.807, 2.05) is 0 Å². The summed E-state index contributed by atoms with van der Waals surface area (Å²) in [5.41, 5.74) is 0. The molecule has 1 N–H and O–H groups in total. The van der Waals surface area contributed by atoms with Gasteiger partial charge in [0.1, 0.15) is 4.32 Å². The van der Waals surface area contributed by atoms with Crippen LogP contribution >= 0.6 is 49.7 Å². The van der Waals surface area contributed by atoms with E-state index in [0.29, 0.717) is 8.64 Å². The Morgan fingerprint density at radius 1 is 1.07 bits per heavy atom. The predicted molar refractivity (Wildman–Crippen MR) is 77.9 cm³/mol. The molecule has 0 saturated carbocycles. The molecule has 15 heavy (non-hydrogen) atoms. The molecule has 92 valence electrons. The van der Waals surface area contributed by atoms with E-state index in [-0.39, 0.29) is 17.1 Å². The molecule has 0 rings (SSSR count). The van der Waals surface area contributed by atoms with E-state index in [0.717, 1.165) is 25.9 Å². The van der Waals surface area contributed by atoms with Crippen LogP contribution in [0.25, 0.3) is 5.32 Å². The maximum Gasteiger partial charge on any atom is 1.00 e. The first kappa shape index (κ1) is 18.4. The van der Waals surface area contributed by atoms with Crippen molar-refractivity contribution in [1.82, 2.24) is 5.32 Å². The first-order valence-electron chi connectivity index (χ1n) is 4.50. The van der Waals surface area contributed by atoms with Gasteiger partial charge in [-0.2, -0.15) is 12.6 Å². The Labute approximate surface area is 124 Å². The number of thiocarbonyl (C=S) groups is 2. The molecule has 0 aromatic carbocycles. The SMILES string of the molecule is S=C(S)[N-]CCCCCCNC(=S)S.[Cu+]. The minimum Gasteiger partial charge on any atom is -0.670 e. The van der Waals surface area contributed by atoms with Crippen LogP contribution in [0.3, 0.4) is 0 Å². The fourth-order valence-electron chi connectivity index (χ4n) is 0.960. The van der Waals surface area contributed by atoms with E-state index in [1.54, 1.807) is 0 Å². The molecule has 0 amide bonds. The van der Waals surface area contributed by atoms with Gasteiger partial charge in [0, 0.05) is 6.54 Å². The van der Waals surface area contributed by atoms with Gasteiger partial charge < -0.3 is 10.6 Å². The van der Waals surface area contributed by atoms with Crippen molar-refractivity contribution in [1.29, 1.82) is 0 Å². The quantitative estimate of drug-likeness (QED) is 0.290. The smallest absolute Gasteiger partial charge is 0.670 e. The Hall–Kier alpha value is 0.999. The molecule has 0 heterocycles. The molecule has 0 aliphatic rings. The largest absolute Gasteiger partial charge is 1.00 e. The van der Waals surface area contributed by atoms with Crippen LogP contribution in [0.1, 0.15) is 25.7 Å². The summed E-state index contributed by atoms with van der Waals surface area (Å²) in [6.45, 7) is 1.70. The topological polar surface area (TPSA) is 26.1 Å². The Morgan fingerprint density at radius 2 is 1.67 bits per heavy atom. The van der Waals surface area contributed by atoms with Gasteiger partial charge >= 0.3 is 17.1 Å². The van der Waals surface area contributed by atoms with Crippen molar-refractivity contribution in [2.75, 3.05) is 13.1 Å². The number of hydrogen-bond acceptors (Lipinski definition) is 2. The summed E-state index contributed by atoms with van der Waals surface area (Å²) < 4.78 is 1.02. The molecule has 7 heteroatoms. The Balaban J connectivity index is 0. The molecule has 2 nitrogen and oxygen atoms in total. The van der Waals surface area contributed by atoms with E-state index < -0.39 is 0 Å². The maximum absolute atomic E-state index is 4.76. The molecule has 0 bridgehead atoms. The zero-order valence-electron chi connectivity index (χ0n) is 8.20. The zero-order chi connectivity index (χ0) is 10.8. The number of nitrogens with one attached hydrogen (secondary N) is 1. The number of unbranched alkanes of at least 4 members (excludes halogenated alkanes) is 3. The molecule has 0 radical (unpaired) electrons. The first-order chi connectivity index (χ1) is 6.63. The Morgan fingerprint density at radius 3 is 2.20 bits per heavy atom. The first-order valence-corrected chi connectivity index (χ1v) is 6.21. The van der Waals surface area contributed by atoms with E-state index >= 15 is 0 Å². The normalized spacial score (nSPS) is 8.93.